The second kappa shape index (κ2) is 6.94. The van der Waals surface area contributed by atoms with E-state index < -0.39 is 29.5 Å². The number of nitrogens with one attached hydrogen (secondary N) is 1. The molecule has 0 amide bonds. The summed E-state index contributed by atoms with van der Waals surface area (Å²) in [5, 5.41) is 21.5. The summed E-state index contributed by atoms with van der Waals surface area (Å²) in [6.07, 6.45) is 3.22. The number of aromatic nitrogens is 5. The summed E-state index contributed by atoms with van der Waals surface area (Å²) in [5.74, 6) is 0.233. The van der Waals surface area contributed by atoms with Gasteiger partial charge in [0.2, 0.25) is 0 Å². The van der Waals surface area contributed by atoms with Crippen molar-refractivity contribution in [3.05, 3.63) is 43.1 Å². The molecule has 2 aliphatic heterocycles. The molecule has 2 aromatic heterocycles. The standard InChI is InChI=1S/C21H22F2N6O2/c1-20-8-15(18(23)21(2,28-20)9-16(20)22)31-17-10-25-19(27-26-17)13-4-3-12(7-14(13)30)29-6-5-24-11-29/h3-7,10-11,15-16,18,28,30H,8-9H2,1-2H3/t15-,16+,18+,20+,21+/m1/s1. The van der Waals surface area contributed by atoms with Crippen LogP contribution in [-0.2, 0) is 0 Å². The van der Waals surface area contributed by atoms with Crippen LogP contribution >= 0.6 is 0 Å². The summed E-state index contributed by atoms with van der Waals surface area (Å²) in [7, 11) is 0. The number of nitrogens with zero attached hydrogens (tertiary/aromatic N) is 5. The van der Waals surface area contributed by atoms with E-state index in [4.69, 9.17) is 4.74 Å². The number of hydrogen-bond acceptors (Lipinski definition) is 7. The van der Waals surface area contributed by atoms with Crippen LogP contribution in [0.4, 0.5) is 8.78 Å². The molecule has 2 fully saturated rings. The van der Waals surface area contributed by atoms with E-state index in [1.807, 2.05) is 0 Å². The fraction of sp³-hybridized carbons (Fsp3) is 0.429. The lowest BCUT2D eigenvalue weighted by atomic mass is 9.84. The van der Waals surface area contributed by atoms with Gasteiger partial charge in [0.1, 0.15) is 18.0 Å². The van der Waals surface area contributed by atoms with Crippen molar-refractivity contribution >= 4 is 0 Å². The predicted molar refractivity (Wildman–Crippen MR) is 107 cm³/mol. The molecule has 2 saturated heterocycles. The molecule has 5 rings (SSSR count). The minimum absolute atomic E-state index is 0.0183. The number of benzene rings is 1. The Morgan fingerprint density at radius 2 is 2.03 bits per heavy atom. The highest BCUT2D eigenvalue weighted by atomic mass is 19.1. The van der Waals surface area contributed by atoms with Crippen LogP contribution in [0.3, 0.4) is 0 Å². The predicted octanol–water partition coefficient (Wildman–Crippen LogP) is 2.77. The minimum atomic E-state index is -1.40. The lowest BCUT2D eigenvalue weighted by Crippen LogP contribution is -2.64. The van der Waals surface area contributed by atoms with E-state index in [-0.39, 0.29) is 30.3 Å². The third-order valence-corrected chi connectivity index (χ3v) is 6.26. The van der Waals surface area contributed by atoms with E-state index in [1.165, 1.54) is 6.20 Å². The van der Waals surface area contributed by atoms with Crippen LogP contribution in [-0.4, -0.2) is 59.4 Å². The highest BCUT2D eigenvalue weighted by molar-refractivity contribution is 5.65. The van der Waals surface area contributed by atoms with Gasteiger partial charge < -0.3 is 19.7 Å². The SMILES string of the molecule is C[C@]12C[C@@H](Oc3cnc(-c4ccc(-n5ccnc5)cc4O)nn3)[C@H](F)[C@](C)(C[C@@H]1F)N2. The van der Waals surface area contributed by atoms with Gasteiger partial charge in [-0.05, 0) is 26.0 Å². The summed E-state index contributed by atoms with van der Waals surface area (Å²) >= 11 is 0. The summed E-state index contributed by atoms with van der Waals surface area (Å²) in [6.45, 7) is 3.42. The third-order valence-electron chi connectivity index (χ3n) is 6.26. The summed E-state index contributed by atoms with van der Waals surface area (Å²) < 4.78 is 37.0. The molecule has 2 N–H and O–H groups in total. The topological polar surface area (TPSA) is 98.0 Å². The molecule has 162 valence electrons. The fourth-order valence-corrected chi connectivity index (χ4v) is 4.65. The molecule has 2 bridgehead atoms. The van der Waals surface area contributed by atoms with Crippen LogP contribution in [0.2, 0.25) is 0 Å². The maximum atomic E-state index is 15.0. The van der Waals surface area contributed by atoms with Crippen LogP contribution in [0.25, 0.3) is 17.1 Å². The van der Waals surface area contributed by atoms with E-state index in [0.29, 0.717) is 5.56 Å². The van der Waals surface area contributed by atoms with Crippen LogP contribution in [0, 0.1) is 0 Å². The van der Waals surface area contributed by atoms with Crippen molar-refractivity contribution in [1.29, 1.82) is 0 Å². The Kier molecular flexibility index (Phi) is 4.44. The van der Waals surface area contributed by atoms with Gasteiger partial charge in [-0.3, -0.25) is 0 Å². The Morgan fingerprint density at radius 3 is 2.71 bits per heavy atom. The molecule has 10 heteroatoms. The second-order valence-electron chi connectivity index (χ2n) is 8.69. The number of alkyl halides is 2. The summed E-state index contributed by atoms with van der Waals surface area (Å²) in [6, 6.07) is 5.03. The normalized spacial score (nSPS) is 32.2. The number of fused-ring (bicyclic) bond motifs is 2. The van der Waals surface area contributed by atoms with Gasteiger partial charge in [0, 0.05) is 31.3 Å². The van der Waals surface area contributed by atoms with Crippen molar-refractivity contribution in [2.24, 2.45) is 0 Å². The van der Waals surface area contributed by atoms with Crippen LogP contribution in [0.15, 0.2) is 43.1 Å². The van der Waals surface area contributed by atoms with E-state index >= 15 is 4.39 Å². The average Bonchev–Trinajstić information content (AvgIpc) is 3.33. The van der Waals surface area contributed by atoms with E-state index in [0.717, 1.165) is 5.69 Å². The number of rotatable bonds is 4. The number of phenols is 1. The van der Waals surface area contributed by atoms with Crippen molar-refractivity contribution in [3.63, 3.8) is 0 Å². The number of imidazole rings is 1. The third kappa shape index (κ3) is 3.31. The molecule has 0 aliphatic carbocycles. The van der Waals surface area contributed by atoms with E-state index in [2.05, 4.69) is 25.5 Å². The zero-order valence-corrected chi connectivity index (χ0v) is 17.0. The van der Waals surface area contributed by atoms with Crippen LogP contribution in [0.1, 0.15) is 26.7 Å². The van der Waals surface area contributed by atoms with E-state index in [9.17, 15) is 9.50 Å². The van der Waals surface area contributed by atoms with Gasteiger partial charge in [0.25, 0.3) is 5.88 Å². The lowest BCUT2D eigenvalue weighted by molar-refractivity contribution is -0.0133. The quantitative estimate of drug-likeness (QED) is 0.659. The first-order valence-corrected chi connectivity index (χ1v) is 10.0. The first-order valence-electron chi connectivity index (χ1n) is 10.0. The van der Waals surface area contributed by atoms with Gasteiger partial charge in [0.15, 0.2) is 12.0 Å². The maximum Gasteiger partial charge on any atom is 0.252 e. The Morgan fingerprint density at radius 1 is 1.19 bits per heavy atom. The first-order chi connectivity index (χ1) is 14.8. The number of hydrogen-bond donors (Lipinski definition) is 2. The monoisotopic (exact) mass is 428 g/mol. The molecule has 0 saturated carbocycles. The highest BCUT2D eigenvalue weighted by Gasteiger charge is 2.61. The molecule has 8 nitrogen and oxygen atoms in total. The molecule has 0 spiro atoms. The van der Waals surface area contributed by atoms with Gasteiger partial charge >= 0.3 is 0 Å². The molecule has 3 aromatic rings. The Hall–Kier alpha value is -3.14. The second-order valence-corrected chi connectivity index (χ2v) is 8.69. The number of aromatic hydroxyl groups is 1. The number of ether oxygens (including phenoxy) is 1. The molecule has 31 heavy (non-hydrogen) atoms. The molecular weight excluding hydrogens is 406 g/mol. The summed E-state index contributed by atoms with van der Waals surface area (Å²) in [5.41, 5.74) is -0.701. The van der Waals surface area contributed by atoms with E-state index in [1.54, 1.807) is 55.3 Å². The van der Waals surface area contributed by atoms with Crippen LogP contribution < -0.4 is 10.1 Å². The smallest absolute Gasteiger partial charge is 0.252 e. The van der Waals surface area contributed by atoms with Crippen LogP contribution in [0.5, 0.6) is 11.6 Å². The molecular formula is C21H22F2N6O2. The molecule has 5 atom stereocenters. The van der Waals surface area contributed by atoms with Crippen molar-refractivity contribution < 1.29 is 18.6 Å². The Bertz CT molecular complexity index is 1100. The lowest BCUT2D eigenvalue weighted by Gasteiger charge is -2.43. The van der Waals surface area contributed by atoms with Crippen molar-refractivity contribution in [2.45, 2.75) is 56.2 Å². The van der Waals surface area contributed by atoms with Gasteiger partial charge in [-0.25, -0.2) is 18.7 Å². The van der Waals surface area contributed by atoms with Gasteiger partial charge in [0.05, 0.1) is 34.9 Å². The zero-order valence-electron chi connectivity index (χ0n) is 17.0. The highest BCUT2D eigenvalue weighted by Crippen LogP contribution is 2.46. The van der Waals surface area contributed by atoms with Crippen molar-refractivity contribution in [3.8, 4) is 28.7 Å². The van der Waals surface area contributed by atoms with Crippen molar-refractivity contribution in [2.75, 3.05) is 0 Å². The minimum Gasteiger partial charge on any atom is -0.507 e. The molecule has 0 unspecified atom stereocenters. The molecule has 2 aliphatic rings. The molecule has 4 heterocycles. The fourth-order valence-electron chi connectivity index (χ4n) is 4.65. The number of phenolic OH excluding ortho intramolecular Hbond substituents is 1. The van der Waals surface area contributed by atoms with Crippen molar-refractivity contribution in [1.82, 2.24) is 30.0 Å². The first kappa shape index (κ1) is 19.8. The Balaban J connectivity index is 1.34. The largest absolute Gasteiger partial charge is 0.507 e. The van der Waals surface area contributed by atoms with Gasteiger partial charge in [-0.2, -0.15) is 0 Å². The number of halogens is 2. The zero-order chi connectivity index (χ0) is 21.8. The molecule has 1 aromatic carbocycles. The number of piperidine rings is 1. The van der Waals surface area contributed by atoms with Gasteiger partial charge in [-0.15, -0.1) is 10.2 Å². The maximum absolute atomic E-state index is 15.0. The average molecular weight is 428 g/mol. The Labute approximate surface area is 177 Å². The molecule has 0 radical (unpaired) electrons. The van der Waals surface area contributed by atoms with Gasteiger partial charge in [-0.1, -0.05) is 0 Å². The summed E-state index contributed by atoms with van der Waals surface area (Å²) in [4.78, 5) is 8.19.